The minimum Gasteiger partial charge on any atom is -0.378 e. The zero-order valence-electron chi connectivity index (χ0n) is 10.6. The smallest absolute Gasteiger partial charge is 0.226 e. The number of carbonyl (C=O) groups excluding carboxylic acids is 1. The monoisotopic (exact) mass is 330 g/mol. The lowest BCUT2D eigenvalue weighted by molar-refractivity contribution is -0.117. The lowest BCUT2D eigenvalue weighted by Crippen LogP contribution is -2.43. The Hall–Kier alpha value is -0.980. The van der Waals surface area contributed by atoms with Gasteiger partial charge in [-0.1, -0.05) is 0 Å². The van der Waals surface area contributed by atoms with E-state index in [9.17, 15) is 9.18 Å². The number of hydrogen-bond acceptors (Lipinski definition) is 3. The second-order valence-electron chi connectivity index (χ2n) is 4.56. The molecule has 1 aromatic rings. The number of benzene rings is 1. The summed E-state index contributed by atoms with van der Waals surface area (Å²) in [6.45, 7) is 3.78. The molecule has 2 rings (SSSR count). The van der Waals surface area contributed by atoms with E-state index in [1.54, 1.807) is 6.07 Å². The lowest BCUT2D eigenvalue weighted by Gasteiger charge is -2.23. The Labute approximate surface area is 119 Å². The molecule has 0 bridgehead atoms. The molecule has 104 valence electrons. The molecule has 0 aliphatic carbocycles. The van der Waals surface area contributed by atoms with Crippen LogP contribution in [0.15, 0.2) is 16.6 Å². The largest absolute Gasteiger partial charge is 0.378 e. The van der Waals surface area contributed by atoms with Crippen LogP contribution in [0.1, 0.15) is 12.0 Å². The quantitative estimate of drug-likeness (QED) is 0.893. The highest BCUT2D eigenvalue weighted by molar-refractivity contribution is 9.10. The van der Waals surface area contributed by atoms with Gasteiger partial charge in [0.2, 0.25) is 5.91 Å². The number of carbonyl (C=O) groups is 1. The lowest BCUT2D eigenvalue weighted by atomic mass is 10.1. The van der Waals surface area contributed by atoms with Crippen LogP contribution in [0.2, 0.25) is 0 Å². The molecule has 6 heteroatoms. The zero-order valence-corrected chi connectivity index (χ0v) is 12.2. The SMILES string of the molecule is Cc1cc(Br)c(F)cc1NC(=O)CC1COCCN1. The number of nitrogens with one attached hydrogen (secondary N) is 2. The van der Waals surface area contributed by atoms with Gasteiger partial charge in [-0.15, -0.1) is 0 Å². The number of amides is 1. The molecule has 0 spiro atoms. The number of anilines is 1. The summed E-state index contributed by atoms with van der Waals surface area (Å²) in [7, 11) is 0. The summed E-state index contributed by atoms with van der Waals surface area (Å²) >= 11 is 3.11. The van der Waals surface area contributed by atoms with Gasteiger partial charge in [-0.2, -0.15) is 0 Å². The number of morpholine rings is 1. The normalized spacial score (nSPS) is 19.2. The highest BCUT2D eigenvalue weighted by Gasteiger charge is 2.17. The fraction of sp³-hybridized carbons (Fsp3) is 0.462. The average molecular weight is 331 g/mol. The van der Waals surface area contributed by atoms with Gasteiger partial charge in [-0.25, -0.2) is 4.39 Å². The first-order chi connectivity index (χ1) is 9.06. The Morgan fingerprint density at radius 1 is 1.63 bits per heavy atom. The number of hydrogen-bond donors (Lipinski definition) is 2. The van der Waals surface area contributed by atoms with E-state index < -0.39 is 0 Å². The van der Waals surface area contributed by atoms with Crippen LogP contribution in [0.25, 0.3) is 0 Å². The van der Waals surface area contributed by atoms with Gasteiger partial charge < -0.3 is 15.4 Å². The third-order valence-electron chi connectivity index (χ3n) is 2.97. The van der Waals surface area contributed by atoms with Crippen molar-refractivity contribution in [1.82, 2.24) is 5.32 Å². The Bertz CT molecular complexity index is 476. The first-order valence-electron chi connectivity index (χ1n) is 6.13. The summed E-state index contributed by atoms with van der Waals surface area (Å²) in [6.07, 6.45) is 0.317. The van der Waals surface area contributed by atoms with E-state index in [-0.39, 0.29) is 17.8 Å². The maximum Gasteiger partial charge on any atom is 0.226 e. The summed E-state index contributed by atoms with van der Waals surface area (Å²) in [4.78, 5) is 11.9. The summed E-state index contributed by atoms with van der Waals surface area (Å²) < 4.78 is 19.1. The standard InChI is InChI=1S/C13H16BrFN2O2/c1-8-4-10(14)11(15)6-12(8)17-13(18)5-9-7-19-3-2-16-9/h4,6,9,16H,2-3,5,7H2,1H3,(H,17,18). The molecule has 4 nitrogen and oxygen atoms in total. The van der Waals surface area contributed by atoms with Gasteiger partial charge in [0.05, 0.1) is 17.7 Å². The molecule has 1 unspecified atom stereocenters. The molecule has 1 heterocycles. The van der Waals surface area contributed by atoms with Crippen LogP contribution in [0.3, 0.4) is 0 Å². The van der Waals surface area contributed by atoms with E-state index in [2.05, 4.69) is 26.6 Å². The second-order valence-corrected chi connectivity index (χ2v) is 5.41. The van der Waals surface area contributed by atoms with Crippen molar-refractivity contribution in [3.8, 4) is 0 Å². The third kappa shape index (κ3) is 3.99. The van der Waals surface area contributed by atoms with Gasteiger partial charge in [-0.05, 0) is 40.5 Å². The van der Waals surface area contributed by atoms with Gasteiger partial charge in [-0.3, -0.25) is 4.79 Å². The molecule has 0 aromatic heterocycles. The summed E-state index contributed by atoms with van der Waals surface area (Å²) in [5.74, 6) is -0.534. The Balaban J connectivity index is 1.96. The summed E-state index contributed by atoms with van der Waals surface area (Å²) in [5, 5.41) is 5.93. The molecule has 1 aromatic carbocycles. The fourth-order valence-electron chi connectivity index (χ4n) is 1.96. The molecular weight excluding hydrogens is 315 g/mol. The maximum absolute atomic E-state index is 13.4. The Morgan fingerprint density at radius 3 is 3.11 bits per heavy atom. The fourth-order valence-corrected chi connectivity index (χ4v) is 2.41. The van der Waals surface area contributed by atoms with Crippen molar-refractivity contribution in [2.24, 2.45) is 0 Å². The molecule has 1 amide bonds. The van der Waals surface area contributed by atoms with Gasteiger partial charge in [0.15, 0.2) is 0 Å². The molecule has 1 saturated heterocycles. The van der Waals surface area contributed by atoms with Crippen molar-refractivity contribution in [2.45, 2.75) is 19.4 Å². The highest BCUT2D eigenvalue weighted by atomic mass is 79.9. The van der Waals surface area contributed by atoms with Crippen LogP contribution in [0.5, 0.6) is 0 Å². The van der Waals surface area contributed by atoms with Crippen molar-refractivity contribution in [3.63, 3.8) is 0 Å². The molecule has 0 saturated carbocycles. The second kappa shape index (κ2) is 6.45. The van der Waals surface area contributed by atoms with Gasteiger partial charge in [0.25, 0.3) is 0 Å². The first kappa shape index (κ1) is 14.4. The van der Waals surface area contributed by atoms with Crippen molar-refractivity contribution < 1.29 is 13.9 Å². The number of aryl methyl sites for hydroxylation is 1. The van der Waals surface area contributed by atoms with Crippen molar-refractivity contribution in [2.75, 3.05) is 25.1 Å². The first-order valence-corrected chi connectivity index (χ1v) is 6.92. The molecule has 19 heavy (non-hydrogen) atoms. The third-order valence-corrected chi connectivity index (χ3v) is 3.58. The molecular formula is C13H16BrFN2O2. The number of halogens is 2. The predicted molar refractivity (Wildman–Crippen MR) is 74.7 cm³/mol. The van der Waals surface area contributed by atoms with E-state index >= 15 is 0 Å². The topological polar surface area (TPSA) is 50.4 Å². The van der Waals surface area contributed by atoms with Gasteiger partial charge >= 0.3 is 0 Å². The van der Waals surface area contributed by atoms with Crippen molar-refractivity contribution in [3.05, 3.63) is 28.0 Å². The molecule has 0 radical (unpaired) electrons. The Kier molecular flexibility index (Phi) is 4.90. The van der Waals surface area contributed by atoms with Crippen LogP contribution in [-0.2, 0) is 9.53 Å². The molecule has 1 aliphatic rings. The average Bonchev–Trinajstić information content (AvgIpc) is 2.37. The zero-order chi connectivity index (χ0) is 13.8. The molecule has 1 aliphatic heterocycles. The predicted octanol–water partition coefficient (Wildman–Crippen LogP) is 2.21. The van der Waals surface area contributed by atoms with E-state index in [4.69, 9.17) is 4.74 Å². The van der Waals surface area contributed by atoms with Crippen molar-refractivity contribution >= 4 is 27.5 Å². The minimum atomic E-state index is -0.389. The van der Waals surface area contributed by atoms with E-state index in [1.807, 2.05) is 6.92 Å². The summed E-state index contributed by atoms with van der Waals surface area (Å²) in [5.41, 5.74) is 1.32. The van der Waals surface area contributed by atoms with Crippen LogP contribution >= 0.6 is 15.9 Å². The maximum atomic E-state index is 13.4. The van der Waals surface area contributed by atoms with Gasteiger partial charge in [0, 0.05) is 24.7 Å². The van der Waals surface area contributed by atoms with Crippen LogP contribution < -0.4 is 10.6 Å². The number of ether oxygens (including phenoxy) is 1. The molecule has 1 fully saturated rings. The van der Waals surface area contributed by atoms with Gasteiger partial charge in [0.1, 0.15) is 5.82 Å². The summed E-state index contributed by atoms with van der Waals surface area (Å²) in [6, 6.07) is 2.99. The molecule has 1 atom stereocenters. The van der Waals surface area contributed by atoms with Crippen LogP contribution in [0, 0.1) is 12.7 Å². The van der Waals surface area contributed by atoms with E-state index in [0.29, 0.717) is 29.8 Å². The van der Waals surface area contributed by atoms with Crippen LogP contribution in [0.4, 0.5) is 10.1 Å². The number of rotatable bonds is 3. The van der Waals surface area contributed by atoms with Crippen LogP contribution in [-0.4, -0.2) is 31.7 Å². The van der Waals surface area contributed by atoms with Crippen molar-refractivity contribution in [1.29, 1.82) is 0 Å². The van der Waals surface area contributed by atoms with E-state index in [1.165, 1.54) is 6.07 Å². The minimum absolute atomic E-state index is 0.0225. The molecule has 2 N–H and O–H groups in total. The highest BCUT2D eigenvalue weighted by Crippen LogP contribution is 2.24. The van der Waals surface area contributed by atoms with E-state index in [0.717, 1.165) is 12.1 Å². The Morgan fingerprint density at radius 2 is 2.42 bits per heavy atom.